The number of aliphatic hydroxyl groups excluding tert-OH is 3. The van der Waals surface area contributed by atoms with Gasteiger partial charge in [0.05, 0.1) is 18.8 Å². The Hall–Kier alpha value is -0.910. The second-order valence-corrected chi connectivity index (χ2v) is 22.3. The third-order valence-electron chi connectivity index (χ3n) is 15.4. The highest BCUT2D eigenvalue weighted by Crippen LogP contribution is 2.19. The lowest BCUT2D eigenvalue weighted by atomic mass is 10.0. The maximum absolute atomic E-state index is 12.6. The number of hydrogen-bond acceptors (Lipinski definition) is 4. The minimum atomic E-state index is -1.09. The summed E-state index contributed by atoms with van der Waals surface area (Å²) in [6.07, 6.45) is 76.1. The van der Waals surface area contributed by atoms with Gasteiger partial charge in [0.1, 0.15) is 6.10 Å². The molecule has 0 spiro atoms. The predicted octanol–water partition coefficient (Wildman–Crippen LogP) is 20.2. The van der Waals surface area contributed by atoms with Crippen molar-refractivity contribution in [2.45, 2.75) is 385 Å². The first-order chi connectivity index (χ1) is 34.1. The highest BCUT2D eigenvalue weighted by molar-refractivity contribution is 5.80. The largest absolute Gasteiger partial charge is 0.394 e. The molecule has 0 saturated carbocycles. The van der Waals surface area contributed by atoms with E-state index in [0.29, 0.717) is 6.42 Å². The summed E-state index contributed by atoms with van der Waals surface area (Å²) < 4.78 is 0. The number of hydrogen-bond donors (Lipinski definition) is 4. The van der Waals surface area contributed by atoms with Gasteiger partial charge in [0, 0.05) is 0 Å². The third kappa shape index (κ3) is 54.7. The molecule has 0 aliphatic carbocycles. The number of allylic oxidation sites excluding steroid dienone is 1. The number of nitrogens with one attached hydrogen (secondary N) is 1. The average molecular weight is 975 g/mol. The molecule has 0 aromatic carbocycles. The summed E-state index contributed by atoms with van der Waals surface area (Å²) in [4.78, 5) is 12.6. The van der Waals surface area contributed by atoms with Gasteiger partial charge in [-0.15, -0.1) is 0 Å². The van der Waals surface area contributed by atoms with Crippen molar-refractivity contribution in [3.8, 4) is 0 Å². The lowest BCUT2D eigenvalue weighted by Crippen LogP contribution is -2.48. The number of rotatable bonds is 60. The minimum absolute atomic E-state index is 0.358. The van der Waals surface area contributed by atoms with Gasteiger partial charge in [-0.3, -0.25) is 4.79 Å². The van der Waals surface area contributed by atoms with Crippen molar-refractivity contribution in [1.82, 2.24) is 5.32 Å². The van der Waals surface area contributed by atoms with E-state index in [1.165, 1.54) is 315 Å². The van der Waals surface area contributed by atoms with Crippen molar-refractivity contribution in [3.05, 3.63) is 12.2 Å². The van der Waals surface area contributed by atoms with Crippen LogP contribution in [0.5, 0.6) is 0 Å². The molecule has 3 atom stereocenters. The van der Waals surface area contributed by atoms with Crippen LogP contribution < -0.4 is 5.32 Å². The molecule has 3 unspecified atom stereocenters. The van der Waals surface area contributed by atoms with Crippen LogP contribution in [0.4, 0.5) is 0 Å². The molecule has 0 saturated heterocycles. The van der Waals surface area contributed by atoms with Crippen molar-refractivity contribution in [2.24, 2.45) is 0 Å². The fourth-order valence-corrected chi connectivity index (χ4v) is 10.4. The number of carbonyl (C=O) groups is 1. The Kier molecular flexibility index (Phi) is 58.9. The van der Waals surface area contributed by atoms with Crippen LogP contribution >= 0.6 is 0 Å². The quantitative estimate of drug-likeness (QED) is 0.0361. The Balaban J connectivity index is 3.49. The van der Waals surface area contributed by atoms with Crippen molar-refractivity contribution in [1.29, 1.82) is 0 Å². The zero-order valence-corrected chi connectivity index (χ0v) is 47.2. The van der Waals surface area contributed by atoms with E-state index < -0.39 is 24.2 Å². The first-order valence-electron chi connectivity index (χ1n) is 32.0. The van der Waals surface area contributed by atoms with E-state index in [9.17, 15) is 20.1 Å². The molecule has 4 N–H and O–H groups in total. The van der Waals surface area contributed by atoms with E-state index in [4.69, 9.17) is 0 Å². The van der Waals surface area contributed by atoms with Crippen LogP contribution in [0, 0.1) is 0 Å². The molecular formula is C64H127NO4. The van der Waals surface area contributed by atoms with Gasteiger partial charge in [0.25, 0.3) is 0 Å². The fraction of sp³-hybridized carbons (Fsp3) is 0.953. The summed E-state index contributed by atoms with van der Waals surface area (Å²) in [5.41, 5.74) is 0. The molecule has 0 heterocycles. The van der Waals surface area contributed by atoms with Gasteiger partial charge >= 0.3 is 0 Å². The van der Waals surface area contributed by atoms with Gasteiger partial charge in [-0.1, -0.05) is 360 Å². The molecule has 5 heteroatoms. The van der Waals surface area contributed by atoms with Gasteiger partial charge in [0.2, 0.25) is 5.91 Å². The Labute approximate surface area is 433 Å². The van der Waals surface area contributed by atoms with E-state index in [1.807, 2.05) is 6.08 Å². The Morgan fingerprint density at radius 3 is 0.797 bits per heavy atom. The van der Waals surface area contributed by atoms with E-state index in [-0.39, 0.29) is 6.61 Å². The lowest BCUT2D eigenvalue weighted by molar-refractivity contribution is -0.131. The van der Waals surface area contributed by atoms with Gasteiger partial charge in [-0.05, 0) is 19.3 Å². The van der Waals surface area contributed by atoms with Gasteiger partial charge in [-0.25, -0.2) is 0 Å². The monoisotopic (exact) mass is 974 g/mol. The van der Waals surface area contributed by atoms with Crippen molar-refractivity contribution >= 4 is 5.91 Å². The first kappa shape index (κ1) is 68.1. The lowest BCUT2D eigenvalue weighted by Gasteiger charge is -2.21. The summed E-state index contributed by atoms with van der Waals surface area (Å²) in [6.45, 7) is 4.24. The van der Waals surface area contributed by atoms with Crippen molar-refractivity contribution in [2.75, 3.05) is 6.61 Å². The van der Waals surface area contributed by atoms with E-state index >= 15 is 0 Å². The Morgan fingerprint density at radius 1 is 0.348 bits per heavy atom. The molecule has 0 aromatic heterocycles. The highest BCUT2D eigenvalue weighted by atomic mass is 16.3. The van der Waals surface area contributed by atoms with Crippen LogP contribution in [-0.2, 0) is 4.79 Å². The normalized spacial score (nSPS) is 13.2. The molecule has 1 amide bonds. The van der Waals surface area contributed by atoms with Crippen LogP contribution in [0.15, 0.2) is 12.2 Å². The summed E-state index contributed by atoms with van der Waals surface area (Å²) in [6, 6.07) is -0.795. The van der Waals surface area contributed by atoms with E-state index in [0.717, 1.165) is 32.1 Å². The summed E-state index contributed by atoms with van der Waals surface area (Å²) in [5.74, 6) is -0.494. The summed E-state index contributed by atoms with van der Waals surface area (Å²) in [7, 11) is 0. The minimum Gasteiger partial charge on any atom is -0.394 e. The predicted molar refractivity (Wildman–Crippen MR) is 305 cm³/mol. The topological polar surface area (TPSA) is 89.8 Å². The number of unbranched alkanes of at least 4 members (excludes halogenated alkanes) is 52. The molecular weight excluding hydrogens is 847 g/mol. The van der Waals surface area contributed by atoms with Gasteiger partial charge in [-0.2, -0.15) is 0 Å². The SMILES string of the molecule is CCCCCCCCCCCCCCCCCCCCCCCCC/C=C/C(O)C(CO)NC(=O)C(O)CCCCCCCCCCCCCCCCCCCCCCCCCCCCCCCC. The van der Waals surface area contributed by atoms with E-state index in [1.54, 1.807) is 6.08 Å². The molecule has 69 heavy (non-hydrogen) atoms. The smallest absolute Gasteiger partial charge is 0.249 e. The van der Waals surface area contributed by atoms with Crippen LogP contribution in [0.2, 0.25) is 0 Å². The molecule has 0 radical (unpaired) electrons. The molecule has 0 bridgehead atoms. The summed E-state index contributed by atoms with van der Waals surface area (Å²) >= 11 is 0. The fourth-order valence-electron chi connectivity index (χ4n) is 10.4. The molecule has 0 aliphatic rings. The highest BCUT2D eigenvalue weighted by Gasteiger charge is 2.22. The molecule has 5 nitrogen and oxygen atoms in total. The molecule has 412 valence electrons. The molecule has 0 aliphatic heterocycles. The maximum atomic E-state index is 12.6. The van der Waals surface area contributed by atoms with Gasteiger partial charge < -0.3 is 20.6 Å². The average Bonchev–Trinajstić information content (AvgIpc) is 3.35. The zero-order chi connectivity index (χ0) is 50.0. The van der Waals surface area contributed by atoms with Crippen LogP contribution in [-0.4, -0.2) is 46.1 Å². The molecule has 0 rings (SSSR count). The van der Waals surface area contributed by atoms with Crippen LogP contribution in [0.3, 0.4) is 0 Å². The third-order valence-corrected chi connectivity index (χ3v) is 15.4. The van der Waals surface area contributed by atoms with Gasteiger partial charge in [0.15, 0.2) is 0 Å². The number of amides is 1. The van der Waals surface area contributed by atoms with Crippen molar-refractivity contribution in [3.63, 3.8) is 0 Å². The second-order valence-electron chi connectivity index (χ2n) is 22.3. The molecule has 0 fully saturated rings. The second kappa shape index (κ2) is 59.7. The Morgan fingerprint density at radius 2 is 0.565 bits per heavy atom. The zero-order valence-electron chi connectivity index (χ0n) is 47.2. The standard InChI is InChI=1S/C64H127NO4/c1-3-5-7-9-11-13-15-17-19-21-23-25-27-29-30-31-32-33-35-37-39-41-43-45-47-49-51-53-55-57-59-63(68)64(69)65-61(60-66)62(67)58-56-54-52-50-48-46-44-42-40-38-36-34-28-26-24-22-20-18-16-14-12-10-8-6-4-2/h56,58,61-63,66-68H,3-55,57,59-60H2,1-2H3,(H,65,69)/b58-56+. The number of carbonyl (C=O) groups excluding carboxylic acids is 1. The van der Waals surface area contributed by atoms with E-state index in [2.05, 4.69) is 19.2 Å². The first-order valence-corrected chi connectivity index (χ1v) is 32.0. The van der Waals surface area contributed by atoms with Crippen molar-refractivity contribution < 1.29 is 20.1 Å². The van der Waals surface area contributed by atoms with Crippen LogP contribution in [0.1, 0.15) is 367 Å². The molecule has 0 aromatic rings. The van der Waals surface area contributed by atoms with Crippen LogP contribution in [0.25, 0.3) is 0 Å². The maximum Gasteiger partial charge on any atom is 0.249 e. The Bertz CT molecular complexity index is 987. The number of aliphatic hydroxyl groups is 3. The summed E-state index contributed by atoms with van der Waals surface area (Å²) in [5, 5.41) is 33.5.